The Kier molecular flexibility index (Phi) is 4.63. The fourth-order valence-electron chi connectivity index (χ4n) is 4.86. The van der Waals surface area contributed by atoms with Gasteiger partial charge in [0, 0.05) is 43.7 Å². The molecule has 26 heavy (non-hydrogen) atoms. The van der Waals surface area contributed by atoms with E-state index < -0.39 is 0 Å². The molecular weight excluding hydrogens is 328 g/mol. The lowest BCUT2D eigenvalue weighted by Crippen LogP contribution is -2.52. The number of rotatable bonds is 3. The van der Waals surface area contributed by atoms with Crippen LogP contribution in [0.1, 0.15) is 49.7 Å². The second-order valence-corrected chi connectivity index (χ2v) is 8.29. The highest BCUT2D eigenvalue weighted by Gasteiger charge is 2.41. The average molecular weight is 358 g/mol. The number of piperidine rings is 2. The van der Waals surface area contributed by atoms with E-state index in [-0.39, 0.29) is 6.10 Å². The third kappa shape index (κ3) is 3.31. The molecule has 1 unspecified atom stereocenters. The van der Waals surface area contributed by atoms with Crippen molar-refractivity contribution < 1.29 is 9.53 Å². The Morgan fingerprint density at radius 2 is 1.96 bits per heavy atom. The van der Waals surface area contributed by atoms with Gasteiger partial charge in [0.2, 0.25) is 11.8 Å². The Hall–Kier alpha value is -1.69. The normalized spacial score (nSPS) is 25.4. The summed E-state index contributed by atoms with van der Waals surface area (Å²) in [6.07, 6.45) is 5.28. The third-order valence-corrected chi connectivity index (χ3v) is 6.51. The number of aromatic nitrogens is 2. The summed E-state index contributed by atoms with van der Waals surface area (Å²) in [5.41, 5.74) is 2.58. The molecule has 6 heteroatoms. The van der Waals surface area contributed by atoms with E-state index in [4.69, 9.17) is 4.74 Å². The molecule has 0 aliphatic carbocycles. The summed E-state index contributed by atoms with van der Waals surface area (Å²) in [4.78, 5) is 25.5. The summed E-state index contributed by atoms with van der Waals surface area (Å²) >= 11 is 0. The summed E-state index contributed by atoms with van der Waals surface area (Å²) in [7, 11) is 0. The van der Waals surface area contributed by atoms with E-state index in [1.165, 1.54) is 18.4 Å². The standard InChI is InChI=1S/C20H30N4O2/c1-4-24-13-20(6-5-18(24)25)7-9-23(10-8-20)12-16-11-17-14(2)21-15(3)22-19(17)26-16/h16H,4-13H2,1-3H3. The number of likely N-dealkylation sites (tertiary alicyclic amines) is 2. The predicted octanol–water partition coefficient (Wildman–Crippen LogP) is 2.12. The van der Waals surface area contributed by atoms with Gasteiger partial charge in [-0.1, -0.05) is 0 Å². The highest BCUT2D eigenvalue weighted by Crippen LogP contribution is 2.40. The smallest absolute Gasteiger partial charge is 0.222 e. The number of fused-ring (bicyclic) bond motifs is 1. The zero-order valence-corrected chi connectivity index (χ0v) is 16.3. The topological polar surface area (TPSA) is 58.6 Å². The molecule has 3 aliphatic heterocycles. The van der Waals surface area contributed by atoms with Gasteiger partial charge in [0.05, 0.1) is 0 Å². The van der Waals surface area contributed by atoms with Crippen LogP contribution >= 0.6 is 0 Å². The van der Waals surface area contributed by atoms with Gasteiger partial charge in [-0.3, -0.25) is 9.69 Å². The molecule has 1 spiro atoms. The lowest BCUT2D eigenvalue weighted by Gasteiger charge is -2.47. The monoisotopic (exact) mass is 358 g/mol. The molecule has 2 saturated heterocycles. The molecule has 1 atom stereocenters. The fourth-order valence-corrected chi connectivity index (χ4v) is 4.86. The molecule has 1 amide bonds. The number of carbonyl (C=O) groups excluding carboxylic acids is 1. The molecule has 3 aliphatic rings. The molecular formula is C20H30N4O2. The molecule has 0 N–H and O–H groups in total. The molecule has 1 aromatic rings. The first-order valence-electron chi connectivity index (χ1n) is 9.99. The van der Waals surface area contributed by atoms with E-state index in [2.05, 4.69) is 26.7 Å². The maximum atomic E-state index is 12.0. The van der Waals surface area contributed by atoms with Crippen molar-refractivity contribution in [2.45, 2.75) is 59.0 Å². The third-order valence-electron chi connectivity index (χ3n) is 6.51. The van der Waals surface area contributed by atoms with Crippen molar-refractivity contribution in [1.82, 2.24) is 19.8 Å². The van der Waals surface area contributed by atoms with Crippen molar-refractivity contribution in [2.75, 3.05) is 32.7 Å². The first-order chi connectivity index (χ1) is 12.5. The van der Waals surface area contributed by atoms with Crippen LogP contribution in [0, 0.1) is 19.3 Å². The van der Waals surface area contributed by atoms with Gasteiger partial charge in [-0.05, 0) is 58.5 Å². The molecule has 4 heterocycles. The van der Waals surface area contributed by atoms with Crippen LogP contribution in [-0.2, 0) is 11.2 Å². The number of hydrogen-bond donors (Lipinski definition) is 0. The number of aryl methyl sites for hydroxylation is 2. The minimum Gasteiger partial charge on any atom is -0.472 e. The Morgan fingerprint density at radius 1 is 1.19 bits per heavy atom. The number of ether oxygens (including phenoxy) is 1. The Bertz CT molecular complexity index is 697. The zero-order chi connectivity index (χ0) is 18.3. The van der Waals surface area contributed by atoms with Crippen LogP contribution in [0.25, 0.3) is 0 Å². The fraction of sp³-hybridized carbons (Fsp3) is 0.750. The summed E-state index contributed by atoms with van der Waals surface area (Å²) in [5, 5.41) is 0. The van der Waals surface area contributed by atoms with E-state index in [0.29, 0.717) is 11.3 Å². The first-order valence-corrected chi connectivity index (χ1v) is 9.99. The van der Waals surface area contributed by atoms with Crippen LogP contribution < -0.4 is 4.74 Å². The van der Waals surface area contributed by atoms with Crippen LogP contribution in [0.5, 0.6) is 5.88 Å². The number of hydrogen-bond acceptors (Lipinski definition) is 5. The summed E-state index contributed by atoms with van der Waals surface area (Å²) < 4.78 is 6.11. The molecule has 0 radical (unpaired) electrons. The number of nitrogens with zero attached hydrogens (tertiary/aromatic N) is 4. The molecule has 0 bridgehead atoms. The second-order valence-electron chi connectivity index (χ2n) is 8.29. The Balaban J connectivity index is 1.32. The minimum absolute atomic E-state index is 0.189. The van der Waals surface area contributed by atoms with Crippen LogP contribution in [-0.4, -0.2) is 64.5 Å². The summed E-state index contributed by atoms with van der Waals surface area (Å²) in [5.74, 6) is 1.91. The van der Waals surface area contributed by atoms with E-state index in [1.807, 2.05) is 13.8 Å². The number of amides is 1. The van der Waals surface area contributed by atoms with Crippen molar-refractivity contribution >= 4 is 5.91 Å². The molecule has 1 aromatic heterocycles. The maximum absolute atomic E-state index is 12.0. The van der Waals surface area contributed by atoms with Crippen molar-refractivity contribution in [3.63, 3.8) is 0 Å². The SMILES string of the molecule is CCN1CC2(CCC1=O)CCN(CC1Cc3c(C)nc(C)nc3O1)CC2. The van der Waals surface area contributed by atoms with Gasteiger partial charge in [-0.25, -0.2) is 4.98 Å². The van der Waals surface area contributed by atoms with Gasteiger partial charge in [-0.15, -0.1) is 0 Å². The van der Waals surface area contributed by atoms with Crippen molar-refractivity contribution in [3.8, 4) is 5.88 Å². The molecule has 2 fully saturated rings. The quantitative estimate of drug-likeness (QED) is 0.828. The predicted molar refractivity (Wildman–Crippen MR) is 99.2 cm³/mol. The van der Waals surface area contributed by atoms with Crippen LogP contribution in [0.15, 0.2) is 0 Å². The van der Waals surface area contributed by atoms with Crippen LogP contribution in [0.4, 0.5) is 0 Å². The van der Waals surface area contributed by atoms with Crippen molar-refractivity contribution in [1.29, 1.82) is 0 Å². The highest BCUT2D eigenvalue weighted by molar-refractivity contribution is 5.77. The van der Waals surface area contributed by atoms with Gasteiger partial charge in [0.25, 0.3) is 0 Å². The number of carbonyl (C=O) groups is 1. The lowest BCUT2D eigenvalue weighted by atomic mass is 9.72. The molecule has 0 aromatic carbocycles. The van der Waals surface area contributed by atoms with Crippen molar-refractivity contribution in [2.24, 2.45) is 5.41 Å². The van der Waals surface area contributed by atoms with Crippen molar-refractivity contribution in [3.05, 3.63) is 17.1 Å². The van der Waals surface area contributed by atoms with Gasteiger partial charge in [0.15, 0.2) is 0 Å². The van der Waals surface area contributed by atoms with E-state index in [0.717, 1.165) is 69.4 Å². The van der Waals surface area contributed by atoms with Gasteiger partial charge < -0.3 is 9.64 Å². The minimum atomic E-state index is 0.189. The first kappa shape index (κ1) is 17.7. The summed E-state index contributed by atoms with van der Waals surface area (Å²) in [6, 6.07) is 0. The van der Waals surface area contributed by atoms with Gasteiger partial charge in [0.1, 0.15) is 11.9 Å². The van der Waals surface area contributed by atoms with Crippen LogP contribution in [0.2, 0.25) is 0 Å². The maximum Gasteiger partial charge on any atom is 0.222 e. The Morgan fingerprint density at radius 3 is 2.69 bits per heavy atom. The molecule has 0 saturated carbocycles. The Labute approximate surface area is 155 Å². The average Bonchev–Trinajstić information content (AvgIpc) is 3.02. The molecule has 142 valence electrons. The zero-order valence-electron chi connectivity index (χ0n) is 16.3. The molecule has 6 nitrogen and oxygen atoms in total. The molecule has 4 rings (SSSR count). The van der Waals surface area contributed by atoms with Crippen LogP contribution in [0.3, 0.4) is 0 Å². The largest absolute Gasteiger partial charge is 0.472 e. The van der Waals surface area contributed by atoms with E-state index >= 15 is 0 Å². The van der Waals surface area contributed by atoms with Gasteiger partial charge in [-0.2, -0.15) is 4.98 Å². The highest BCUT2D eigenvalue weighted by atomic mass is 16.5. The van der Waals surface area contributed by atoms with E-state index in [1.54, 1.807) is 0 Å². The summed E-state index contributed by atoms with van der Waals surface area (Å²) in [6.45, 7) is 11.0. The van der Waals surface area contributed by atoms with Gasteiger partial charge >= 0.3 is 0 Å². The van der Waals surface area contributed by atoms with E-state index in [9.17, 15) is 4.79 Å². The lowest BCUT2D eigenvalue weighted by molar-refractivity contribution is -0.138. The second kappa shape index (κ2) is 6.80.